The van der Waals surface area contributed by atoms with Crippen molar-refractivity contribution in [3.8, 4) is 0 Å². The van der Waals surface area contributed by atoms with Gasteiger partial charge in [0, 0.05) is 0 Å². The van der Waals surface area contributed by atoms with E-state index in [1.807, 2.05) is 6.92 Å². The second-order valence-corrected chi connectivity index (χ2v) is 14.6. The van der Waals surface area contributed by atoms with Gasteiger partial charge in [-0.25, -0.2) is 0 Å². The van der Waals surface area contributed by atoms with Crippen LogP contribution in [-0.2, 0) is 9.59 Å². The maximum atomic E-state index is 10.4. The van der Waals surface area contributed by atoms with Gasteiger partial charge in [-0.15, -0.1) is 0 Å². The van der Waals surface area contributed by atoms with Crippen molar-refractivity contribution in [1.29, 1.82) is 0 Å². The first-order valence-electron chi connectivity index (χ1n) is 16.2. The SMILES string of the molecule is CC(C)CCC[C@@H](C)[C@H]1CC[C@H]2[C@@H]3CC=C4C[C@@H](O)CC[C@]4(C)[C@H]3CC[C@]12C.CCCC(CC(=O)O)C(=O)O. The van der Waals surface area contributed by atoms with Crippen molar-refractivity contribution in [2.24, 2.45) is 52.3 Å². The lowest BCUT2D eigenvalue weighted by molar-refractivity contribution is -0.148. The predicted molar refractivity (Wildman–Crippen MR) is 157 cm³/mol. The fraction of sp³-hybridized carbons (Fsp3) is 0.882. The molecule has 4 rings (SSSR count). The van der Waals surface area contributed by atoms with Crippen molar-refractivity contribution >= 4 is 11.9 Å². The van der Waals surface area contributed by atoms with Crippen molar-refractivity contribution < 1.29 is 24.9 Å². The summed E-state index contributed by atoms with van der Waals surface area (Å²) >= 11 is 0. The first-order chi connectivity index (χ1) is 18.3. The van der Waals surface area contributed by atoms with E-state index in [2.05, 4.69) is 40.7 Å². The number of fused-ring (bicyclic) bond motifs is 5. The lowest BCUT2D eigenvalue weighted by Crippen LogP contribution is -2.50. The van der Waals surface area contributed by atoms with Gasteiger partial charge < -0.3 is 15.3 Å². The summed E-state index contributed by atoms with van der Waals surface area (Å²) in [5, 5.41) is 27.0. The van der Waals surface area contributed by atoms with Crippen LogP contribution in [0.3, 0.4) is 0 Å². The fourth-order valence-electron chi connectivity index (χ4n) is 9.54. The van der Waals surface area contributed by atoms with E-state index in [1.54, 1.807) is 5.57 Å². The van der Waals surface area contributed by atoms with Crippen LogP contribution in [0.25, 0.3) is 0 Å². The summed E-state index contributed by atoms with van der Waals surface area (Å²) in [6.45, 7) is 14.4. The third-order valence-electron chi connectivity index (χ3n) is 11.7. The number of carboxylic acid groups (broad SMARTS) is 2. The molecule has 4 aliphatic rings. The van der Waals surface area contributed by atoms with Gasteiger partial charge >= 0.3 is 11.9 Å². The van der Waals surface area contributed by atoms with Crippen molar-refractivity contribution in [3.63, 3.8) is 0 Å². The number of aliphatic hydroxyl groups is 1. The third-order valence-corrected chi connectivity index (χ3v) is 11.7. The molecule has 9 atom stereocenters. The van der Waals surface area contributed by atoms with Crippen LogP contribution in [0.15, 0.2) is 11.6 Å². The third kappa shape index (κ3) is 7.29. The molecule has 1 unspecified atom stereocenters. The average molecular weight is 547 g/mol. The summed E-state index contributed by atoms with van der Waals surface area (Å²) < 4.78 is 0. The number of hydrogen-bond donors (Lipinski definition) is 3. The summed E-state index contributed by atoms with van der Waals surface area (Å²) in [7, 11) is 0. The Morgan fingerprint density at radius 3 is 2.31 bits per heavy atom. The molecular formula is C34H58O5. The normalized spacial score (nSPS) is 36.9. The molecule has 0 aromatic heterocycles. The lowest BCUT2D eigenvalue weighted by Gasteiger charge is -2.58. The van der Waals surface area contributed by atoms with Crippen LogP contribution < -0.4 is 0 Å². The molecule has 0 saturated heterocycles. The Morgan fingerprint density at radius 1 is 0.974 bits per heavy atom. The first kappa shape index (κ1) is 32.2. The average Bonchev–Trinajstić information content (AvgIpc) is 3.21. The number of carbonyl (C=O) groups is 2. The molecular weight excluding hydrogens is 488 g/mol. The van der Waals surface area contributed by atoms with E-state index < -0.39 is 17.9 Å². The molecule has 0 aromatic rings. The maximum absolute atomic E-state index is 10.4. The second kappa shape index (κ2) is 13.5. The Kier molecular flexibility index (Phi) is 11.2. The minimum Gasteiger partial charge on any atom is -0.481 e. The molecule has 0 aliphatic heterocycles. The topological polar surface area (TPSA) is 94.8 Å². The number of rotatable bonds is 10. The standard InChI is InChI=1S/C27H46O.C7H12O4/c1-18(2)7-6-8-19(3)23-11-12-24-22-10-9-20-17-21(28)13-15-26(20,4)25(22)14-16-27(23,24)5;1-2-3-5(7(10)11)4-6(8)9/h9,18-19,21-25,28H,6-8,10-17H2,1-5H3;5H,2-4H2,1H3,(H,8,9)(H,10,11)/t19-,21+,22+,23-,24+,25+,26+,27-;/m1./s1. The first-order valence-corrected chi connectivity index (χ1v) is 16.2. The van der Waals surface area contributed by atoms with Crippen LogP contribution in [0.1, 0.15) is 131 Å². The second-order valence-electron chi connectivity index (χ2n) is 14.6. The predicted octanol–water partition coefficient (Wildman–Crippen LogP) is 8.35. The zero-order valence-electron chi connectivity index (χ0n) is 25.8. The van der Waals surface area contributed by atoms with E-state index in [9.17, 15) is 14.7 Å². The van der Waals surface area contributed by atoms with E-state index in [-0.39, 0.29) is 12.5 Å². The molecule has 0 heterocycles. The van der Waals surface area contributed by atoms with Crippen LogP contribution in [0.2, 0.25) is 0 Å². The van der Waals surface area contributed by atoms with E-state index in [1.165, 1.54) is 57.8 Å². The Labute approximate surface area is 238 Å². The summed E-state index contributed by atoms with van der Waals surface area (Å²) in [5.41, 5.74) is 2.60. The largest absolute Gasteiger partial charge is 0.481 e. The molecule has 3 saturated carbocycles. The highest BCUT2D eigenvalue weighted by atomic mass is 16.4. The molecule has 0 radical (unpaired) electrons. The Morgan fingerprint density at radius 2 is 1.69 bits per heavy atom. The highest BCUT2D eigenvalue weighted by Crippen LogP contribution is 2.67. The van der Waals surface area contributed by atoms with Gasteiger partial charge in [-0.3, -0.25) is 9.59 Å². The van der Waals surface area contributed by atoms with Crippen molar-refractivity contribution in [3.05, 3.63) is 11.6 Å². The van der Waals surface area contributed by atoms with Gasteiger partial charge in [-0.05, 0) is 104 Å². The van der Waals surface area contributed by atoms with Crippen molar-refractivity contribution in [1.82, 2.24) is 0 Å². The number of hydrogen-bond acceptors (Lipinski definition) is 3. The maximum Gasteiger partial charge on any atom is 0.307 e. The molecule has 3 fully saturated rings. The number of allylic oxidation sites excluding steroid dienone is 1. The van der Waals surface area contributed by atoms with Crippen LogP contribution >= 0.6 is 0 Å². The number of aliphatic hydroxyl groups excluding tert-OH is 1. The van der Waals surface area contributed by atoms with E-state index in [4.69, 9.17) is 10.2 Å². The molecule has 39 heavy (non-hydrogen) atoms. The number of carboxylic acids is 2. The number of aliphatic carboxylic acids is 2. The summed E-state index contributed by atoms with van der Waals surface area (Å²) in [5.74, 6) is 2.66. The quantitative estimate of drug-likeness (QED) is 0.239. The van der Waals surface area contributed by atoms with E-state index in [0.717, 1.165) is 48.3 Å². The molecule has 4 aliphatic carbocycles. The monoisotopic (exact) mass is 546 g/mol. The Bertz CT molecular complexity index is 864. The van der Waals surface area contributed by atoms with Crippen molar-refractivity contribution in [2.75, 3.05) is 0 Å². The minimum atomic E-state index is -1.05. The molecule has 3 N–H and O–H groups in total. The van der Waals surface area contributed by atoms with Gasteiger partial charge in [0.2, 0.25) is 0 Å². The van der Waals surface area contributed by atoms with Gasteiger partial charge in [0.25, 0.3) is 0 Å². The molecule has 0 spiro atoms. The highest BCUT2D eigenvalue weighted by Gasteiger charge is 2.59. The van der Waals surface area contributed by atoms with E-state index >= 15 is 0 Å². The smallest absolute Gasteiger partial charge is 0.307 e. The van der Waals surface area contributed by atoms with Crippen LogP contribution in [-0.4, -0.2) is 33.4 Å². The molecule has 224 valence electrons. The van der Waals surface area contributed by atoms with Crippen molar-refractivity contribution in [2.45, 2.75) is 138 Å². The van der Waals surface area contributed by atoms with Crippen LogP contribution in [0, 0.1) is 52.3 Å². The van der Waals surface area contributed by atoms with Gasteiger partial charge in [-0.1, -0.05) is 78.9 Å². The molecule has 5 heteroatoms. The van der Waals surface area contributed by atoms with Gasteiger partial charge in [0.1, 0.15) is 0 Å². The fourth-order valence-corrected chi connectivity index (χ4v) is 9.54. The molecule has 0 bridgehead atoms. The lowest BCUT2D eigenvalue weighted by atomic mass is 9.47. The summed E-state index contributed by atoms with van der Waals surface area (Å²) in [6.07, 6.45) is 18.0. The molecule has 0 aromatic carbocycles. The van der Waals surface area contributed by atoms with Gasteiger partial charge in [-0.2, -0.15) is 0 Å². The Hall–Kier alpha value is -1.36. The zero-order chi connectivity index (χ0) is 29.0. The minimum absolute atomic E-state index is 0.0766. The zero-order valence-corrected chi connectivity index (χ0v) is 25.8. The van der Waals surface area contributed by atoms with Crippen LogP contribution in [0.5, 0.6) is 0 Å². The molecule has 0 amide bonds. The van der Waals surface area contributed by atoms with E-state index in [0.29, 0.717) is 23.7 Å². The summed E-state index contributed by atoms with van der Waals surface area (Å²) in [4.78, 5) is 20.5. The van der Waals surface area contributed by atoms with Crippen LogP contribution in [0.4, 0.5) is 0 Å². The van der Waals surface area contributed by atoms with Gasteiger partial charge in [0.05, 0.1) is 18.4 Å². The van der Waals surface area contributed by atoms with Gasteiger partial charge in [0.15, 0.2) is 0 Å². The molecule has 5 nitrogen and oxygen atoms in total. The summed E-state index contributed by atoms with van der Waals surface area (Å²) in [6, 6.07) is 0. The highest BCUT2D eigenvalue weighted by molar-refractivity contribution is 5.77. The Balaban J connectivity index is 0.000000325.